The number of benzene rings is 1. The molecule has 2 N–H and O–H groups in total. The van der Waals surface area contributed by atoms with Gasteiger partial charge in [-0.25, -0.2) is 4.98 Å². The fraction of sp³-hybridized carbons (Fsp3) is 0.143. The van der Waals surface area contributed by atoms with Crippen molar-refractivity contribution in [3.8, 4) is 0 Å². The first-order chi connectivity index (χ1) is 14.1. The van der Waals surface area contributed by atoms with Gasteiger partial charge in [-0.1, -0.05) is 6.07 Å². The second-order valence-corrected chi connectivity index (χ2v) is 7.31. The fourth-order valence-electron chi connectivity index (χ4n) is 3.01. The van der Waals surface area contributed by atoms with Crippen LogP contribution in [0.1, 0.15) is 16.1 Å². The predicted molar refractivity (Wildman–Crippen MR) is 114 cm³/mol. The maximum Gasteiger partial charge on any atom is 0.257 e. The maximum absolute atomic E-state index is 12.7. The number of anilines is 3. The lowest BCUT2D eigenvalue weighted by molar-refractivity contribution is -0.117. The van der Waals surface area contributed by atoms with E-state index in [1.807, 2.05) is 48.7 Å². The lowest BCUT2D eigenvalue weighted by Crippen LogP contribution is -2.40. The standard InChI is InChI=1S/C21H19N5O2S/c1-29-17-7-5-15(6-8-17)25-21(28)14-10-18-20(23-11-14)24-12-19(27)26(18)13-16-4-2-3-9-22-16/h2-11H,12-13H2,1H3,(H,23,24)(H,25,28). The molecule has 1 aliphatic rings. The van der Waals surface area contributed by atoms with Crippen molar-refractivity contribution < 1.29 is 9.59 Å². The van der Waals surface area contributed by atoms with Crippen LogP contribution in [0.5, 0.6) is 0 Å². The summed E-state index contributed by atoms with van der Waals surface area (Å²) in [6.45, 7) is 0.470. The van der Waals surface area contributed by atoms with Gasteiger partial charge in [0.1, 0.15) is 0 Å². The minimum absolute atomic E-state index is 0.102. The van der Waals surface area contributed by atoms with E-state index < -0.39 is 0 Å². The van der Waals surface area contributed by atoms with Crippen LogP contribution in [0.25, 0.3) is 0 Å². The number of hydrogen-bond donors (Lipinski definition) is 2. The van der Waals surface area contributed by atoms with E-state index in [2.05, 4.69) is 20.6 Å². The van der Waals surface area contributed by atoms with E-state index in [-0.39, 0.29) is 18.4 Å². The topological polar surface area (TPSA) is 87.2 Å². The highest BCUT2D eigenvalue weighted by Crippen LogP contribution is 2.30. The Bertz CT molecular complexity index is 1040. The van der Waals surface area contributed by atoms with E-state index in [9.17, 15) is 9.59 Å². The molecule has 1 aliphatic heterocycles. The van der Waals surface area contributed by atoms with E-state index >= 15 is 0 Å². The number of amides is 2. The Hall–Kier alpha value is -3.39. The zero-order valence-corrected chi connectivity index (χ0v) is 16.6. The summed E-state index contributed by atoms with van der Waals surface area (Å²) < 4.78 is 0. The molecule has 3 aromatic rings. The van der Waals surface area contributed by atoms with Crippen LogP contribution in [-0.2, 0) is 11.3 Å². The molecule has 29 heavy (non-hydrogen) atoms. The van der Waals surface area contributed by atoms with Gasteiger partial charge in [-0.2, -0.15) is 0 Å². The van der Waals surface area contributed by atoms with Crippen LogP contribution in [0, 0.1) is 0 Å². The summed E-state index contributed by atoms with van der Waals surface area (Å²) in [6.07, 6.45) is 5.19. The van der Waals surface area contributed by atoms with Crippen molar-refractivity contribution >= 4 is 40.8 Å². The van der Waals surface area contributed by atoms with Crippen LogP contribution >= 0.6 is 11.8 Å². The summed E-state index contributed by atoms with van der Waals surface area (Å²) in [5.74, 6) is 0.185. The molecule has 0 aliphatic carbocycles. The van der Waals surface area contributed by atoms with Crippen molar-refractivity contribution in [1.29, 1.82) is 0 Å². The lowest BCUT2D eigenvalue weighted by atomic mass is 10.1. The highest BCUT2D eigenvalue weighted by molar-refractivity contribution is 7.98. The molecule has 1 aromatic carbocycles. The molecular weight excluding hydrogens is 386 g/mol. The minimum Gasteiger partial charge on any atom is -0.359 e. The Kier molecular flexibility index (Phi) is 5.44. The van der Waals surface area contributed by atoms with Crippen molar-refractivity contribution in [2.75, 3.05) is 28.3 Å². The third-order valence-corrected chi connectivity index (χ3v) is 5.27. The van der Waals surface area contributed by atoms with Gasteiger partial charge in [0.25, 0.3) is 5.91 Å². The molecule has 0 saturated carbocycles. The second kappa shape index (κ2) is 8.32. The molecule has 0 saturated heterocycles. The first kappa shape index (κ1) is 18.9. The van der Waals surface area contributed by atoms with Gasteiger partial charge in [-0.15, -0.1) is 11.8 Å². The predicted octanol–water partition coefficient (Wildman–Crippen LogP) is 3.41. The van der Waals surface area contributed by atoms with Crippen LogP contribution < -0.4 is 15.5 Å². The van der Waals surface area contributed by atoms with Crippen molar-refractivity contribution in [3.63, 3.8) is 0 Å². The third kappa shape index (κ3) is 4.22. The smallest absolute Gasteiger partial charge is 0.257 e. The van der Waals surface area contributed by atoms with E-state index in [1.165, 1.54) is 6.20 Å². The Balaban J connectivity index is 1.58. The van der Waals surface area contributed by atoms with Crippen molar-refractivity contribution in [3.05, 3.63) is 72.2 Å². The molecule has 0 spiro atoms. The number of carbonyl (C=O) groups is 2. The van der Waals surface area contributed by atoms with Gasteiger partial charge in [-0.3, -0.25) is 14.6 Å². The number of thioether (sulfide) groups is 1. The third-order valence-electron chi connectivity index (χ3n) is 4.52. The molecule has 2 amide bonds. The number of carbonyl (C=O) groups excluding carboxylic acids is 2. The quantitative estimate of drug-likeness (QED) is 0.633. The molecule has 0 atom stereocenters. The van der Waals surface area contributed by atoms with Gasteiger partial charge in [-0.05, 0) is 48.7 Å². The maximum atomic E-state index is 12.7. The van der Waals surface area contributed by atoms with E-state index in [1.54, 1.807) is 28.9 Å². The number of fused-ring (bicyclic) bond motifs is 1. The normalized spacial score (nSPS) is 12.9. The highest BCUT2D eigenvalue weighted by Gasteiger charge is 2.26. The van der Waals surface area contributed by atoms with Crippen molar-refractivity contribution in [1.82, 2.24) is 9.97 Å². The van der Waals surface area contributed by atoms with Crippen LogP contribution in [0.4, 0.5) is 17.2 Å². The molecule has 7 nitrogen and oxygen atoms in total. The molecule has 3 heterocycles. The van der Waals surface area contributed by atoms with E-state index in [4.69, 9.17) is 0 Å². The van der Waals surface area contributed by atoms with Gasteiger partial charge in [0.2, 0.25) is 5.91 Å². The number of pyridine rings is 2. The highest BCUT2D eigenvalue weighted by atomic mass is 32.2. The zero-order chi connectivity index (χ0) is 20.2. The molecule has 0 radical (unpaired) electrons. The number of aromatic nitrogens is 2. The summed E-state index contributed by atoms with van der Waals surface area (Å²) in [6, 6.07) is 14.8. The van der Waals surface area contributed by atoms with Crippen molar-refractivity contribution in [2.45, 2.75) is 11.4 Å². The lowest BCUT2D eigenvalue weighted by Gasteiger charge is -2.29. The summed E-state index contributed by atoms with van der Waals surface area (Å²) in [5.41, 5.74) is 2.40. The summed E-state index contributed by atoms with van der Waals surface area (Å²) >= 11 is 1.64. The first-order valence-corrected chi connectivity index (χ1v) is 10.3. The number of nitrogens with one attached hydrogen (secondary N) is 2. The number of hydrogen-bond acceptors (Lipinski definition) is 6. The monoisotopic (exact) mass is 405 g/mol. The van der Waals surface area contributed by atoms with Crippen LogP contribution in [-0.4, -0.2) is 34.6 Å². The summed E-state index contributed by atoms with van der Waals surface area (Å²) in [7, 11) is 0. The summed E-state index contributed by atoms with van der Waals surface area (Å²) in [5, 5.41) is 5.87. The van der Waals surface area contributed by atoms with Gasteiger partial charge in [0.15, 0.2) is 5.82 Å². The van der Waals surface area contributed by atoms with Gasteiger partial charge in [0.05, 0.1) is 30.0 Å². The molecule has 4 rings (SSSR count). The van der Waals surface area contributed by atoms with Gasteiger partial charge < -0.3 is 15.5 Å². The fourth-order valence-corrected chi connectivity index (χ4v) is 3.42. The van der Waals surface area contributed by atoms with Gasteiger partial charge >= 0.3 is 0 Å². The molecule has 0 bridgehead atoms. The largest absolute Gasteiger partial charge is 0.359 e. The molecule has 2 aromatic heterocycles. The molecular formula is C21H19N5O2S. The second-order valence-electron chi connectivity index (χ2n) is 6.43. The Labute approximate surface area is 172 Å². The van der Waals surface area contributed by atoms with Crippen molar-refractivity contribution in [2.24, 2.45) is 0 Å². The minimum atomic E-state index is -0.284. The molecule has 0 unspecified atom stereocenters. The van der Waals surface area contributed by atoms with Crippen LogP contribution in [0.15, 0.2) is 65.8 Å². The van der Waals surface area contributed by atoms with E-state index in [0.29, 0.717) is 29.3 Å². The van der Waals surface area contributed by atoms with E-state index in [0.717, 1.165) is 10.6 Å². The Morgan fingerprint density at radius 2 is 2.03 bits per heavy atom. The summed E-state index contributed by atoms with van der Waals surface area (Å²) in [4.78, 5) is 36.6. The molecule has 146 valence electrons. The SMILES string of the molecule is CSc1ccc(NC(=O)c2cnc3c(c2)N(Cc2ccccn2)C(=O)CN3)cc1. The molecule has 0 fully saturated rings. The van der Waals surface area contributed by atoms with Gasteiger partial charge in [0, 0.05) is 23.0 Å². The number of rotatable bonds is 5. The Morgan fingerprint density at radius 1 is 1.21 bits per heavy atom. The van der Waals surface area contributed by atoms with Crippen LogP contribution in [0.3, 0.4) is 0 Å². The molecule has 8 heteroatoms. The van der Waals surface area contributed by atoms with Crippen LogP contribution in [0.2, 0.25) is 0 Å². The average molecular weight is 405 g/mol. The zero-order valence-electron chi connectivity index (χ0n) is 15.8. The first-order valence-electron chi connectivity index (χ1n) is 9.03. The number of nitrogens with zero attached hydrogens (tertiary/aromatic N) is 3. The Morgan fingerprint density at radius 3 is 2.76 bits per heavy atom. The average Bonchev–Trinajstić information content (AvgIpc) is 2.76.